The molecule has 0 aromatic carbocycles. The van der Waals surface area contributed by atoms with E-state index in [2.05, 4.69) is 29.7 Å². The molecule has 0 aliphatic heterocycles. The highest BCUT2D eigenvalue weighted by Gasteiger charge is 2.05. The van der Waals surface area contributed by atoms with Crippen LogP contribution < -0.4 is 5.32 Å². The molecule has 14 heavy (non-hydrogen) atoms. The van der Waals surface area contributed by atoms with Gasteiger partial charge < -0.3 is 5.32 Å². The summed E-state index contributed by atoms with van der Waals surface area (Å²) in [6.45, 7) is 3.13. The van der Waals surface area contributed by atoms with Gasteiger partial charge in [0.15, 0.2) is 0 Å². The van der Waals surface area contributed by atoms with Gasteiger partial charge in [-0.05, 0) is 18.7 Å². The summed E-state index contributed by atoms with van der Waals surface area (Å²) in [5.41, 5.74) is 1.24. The number of aromatic nitrogens is 2. The van der Waals surface area contributed by atoms with Gasteiger partial charge in [-0.2, -0.15) is 16.9 Å². The maximum atomic E-state index is 4.14. The van der Waals surface area contributed by atoms with Crippen LogP contribution in [0.2, 0.25) is 0 Å². The summed E-state index contributed by atoms with van der Waals surface area (Å²) in [5.74, 6) is 1.17. The van der Waals surface area contributed by atoms with Crippen molar-refractivity contribution in [3.63, 3.8) is 0 Å². The standard InChI is InChI=1S/C10H19N3S/c1-4-9(8-14-3)11-7-10-5-6-12-13(10)2/h5-6,9,11H,4,7-8H2,1-3H3. The third-order valence-electron chi connectivity index (χ3n) is 2.35. The van der Waals surface area contributed by atoms with Gasteiger partial charge in [-0.3, -0.25) is 4.68 Å². The molecule has 0 bridgehead atoms. The van der Waals surface area contributed by atoms with E-state index in [9.17, 15) is 0 Å². The van der Waals surface area contributed by atoms with Crippen molar-refractivity contribution in [2.45, 2.75) is 25.9 Å². The van der Waals surface area contributed by atoms with Crippen molar-refractivity contribution in [1.29, 1.82) is 0 Å². The fourth-order valence-corrected chi connectivity index (χ4v) is 2.10. The highest BCUT2D eigenvalue weighted by Crippen LogP contribution is 2.03. The summed E-state index contributed by atoms with van der Waals surface area (Å²) in [4.78, 5) is 0. The lowest BCUT2D eigenvalue weighted by atomic mass is 10.2. The summed E-state index contributed by atoms with van der Waals surface area (Å²) in [6, 6.07) is 2.67. The molecule has 1 aromatic heterocycles. The molecule has 80 valence electrons. The van der Waals surface area contributed by atoms with Gasteiger partial charge in [-0.1, -0.05) is 6.92 Å². The fraction of sp³-hybridized carbons (Fsp3) is 0.700. The Hall–Kier alpha value is -0.480. The van der Waals surface area contributed by atoms with Crippen LogP contribution in [-0.2, 0) is 13.6 Å². The fourth-order valence-electron chi connectivity index (χ4n) is 1.35. The molecule has 1 aromatic rings. The van der Waals surface area contributed by atoms with Crippen molar-refractivity contribution in [2.75, 3.05) is 12.0 Å². The van der Waals surface area contributed by atoms with Gasteiger partial charge in [0.2, 0.25) is 0 Å². The second kappa shape index (κ2) is 6.09. The molecule has 0 amide bonds. The first-order chi connectivity index (χ1) is 6.77. The van der Waals surface area contributed by atoms with Crippen LogP contribution in [0.1, 0.15) is 19.0 Å². The summed E-state index contributed by atoms with van der Waals surface area (Å²) >= 11 is 1.89. The predicted octanol–water partition coefficient (Wildman–Crippen LogP) is 1.65. The zero-order valence-corrected chi connectivity index (χ0v) is 9.97. The molecule has 3 nitrogen and oxygen atoms in total. The first-order valence-electron chi connectivity index (χ1n) is 4.97. The maximum absolute atomic E-state index is 4.14. The van der Waals surface area contributed by atoms with Crippen LogP contribution >= 0.6 is 11.8 Å². The molecule has 1 rings (SSSR count). The van der Waals surface area contributed by atoms with Gasteiger partial charge in [-0.25, -0.2) is 0 Å². The lowest BCUT2D eigenvalue weighted by molar-refractivity contribution is 0.522. The molecule has 1 N–H and O–H groups in total. The van der Waals surface area contributed by atoms with Gasteiger partial charge in [0.05, 0.1) is 5.69 Å². The van der Waals surface area contributed by atoms with E-state index in [1.54, 1.807) is 0 Å². The minimum Gasteiger partial charge on any atom is -0.308 e. The normalized spacial score (nSPS) is 13.1. The highest BCUT2D eigenvalue weighted by molar-refractivity contribution is 7.98. The molecule has 1 heterocycles. The van der Waals surface area contributed by atoms with E-state index in [4.69, 9.17) is 0 Å². The van der Waals surface area contributed by atoms with Gasteiger partial charge >= 0.3 is 0 Å². The molecule has 0 radical (unpaired) electrons. The first-order valence-corrected chi connectivity index (χ1v) is 6.36. The third-order valence-corrected chi connectivity index (χ3v) is 3.09. The van der Waals surface area contributed by atoms with E-state index in [1.165, 1.54) is 17.9 Å². The van der Waals surface area contributed by atoms with Crippen molar-refractivity contribution in [1.82, 2.24) is 15.1 Å². The number of aryl methyl sites for hydroxylation is 1. The molecule has 0 saturated heterocycles. The molecular weight excluding hydrogens is 194 g/mol. The van der Waals surface area contributed by atoms with Crippen LogP contribution in [-0.4, -0.2) is 27.8 Å². The molecule has 4 heteroatoms. The van der Waals surface area contributed by atoms with Gasteiger partial charge in [0.1, 0.15) is 0 Å². The van der Waals surface area contributed by atoms with E-state index in [-0.39, 0.29) is 0 Å². The quantitative estimate of drug-likeness (QED) is 0.779. The smallest absolute Gasteiger partial charge is 0.0518 e. The van der Waals surface area contributed by atoms with Crippen LogP contribution in [0.3, 0.4) is 0 Å². The second-order valence-electron chi connectivity index (χ2n) is 3.39. The Labute approximate surface area is 90.3 Å². The molecule has 0 saturated carbocycles. The minimum atomic E-state index is 0.611. The first kappa shape index (κ1) is 11.6. The SMILES string of the molecule is CCC(CSC)NCc1ccnn1C. The topological polar surface area (TPSA) is 29.9 Å². The molecule has 0 aliphatic carbocycles. The molecule has 0 aliphatic rings. The number of rotatable bonds is 6. The summed E-state index contributed by atoms with van der Waals surface area (Å²) < 4.78 is 1.92. The average molecular weight is 213 g/mol. The minimum absolute atomic E-state index is 0.611. The monoisotopic (exact) mass is 213 g/mol. The third kappa shape index (κ3) is 3.35. The Balaban J connectivity index is 2.35. The van der Waals surface area contributed by atoms with Crippen molar-refractivity contribution in [3.05, 3.63) is 18.0 Å². The molecule has 0 spiro atoms. The number of hydrogen-bond acceptors (Lipinski definition) is 3. The van der Waals surface area contributed by atoms with Gasteiger partial charge in [0, 0.05) is 31.6 Å². The molecule has 1 atom stereocenters. The Morgan fingerprint density at radius 1 is 1.64 bits per heavy atom. The predicted molar refractivity (Wildman–Crippen MR) is 62.5 cm³/mol. The van der Waals surface area contributed by atoms with Crippen LogP contribution in [0.4, 0.5) is 0 Å². The Kier molecular flexibility index (Phi) is 5.04. The Bertz CT molecular complexity index is 260. The number of nitrogens with one attached hydrogen (secondary N) is 1. The Morgan fingerprint density at radius 2 is 2.43 bits per heavy atom. The van der Waals surface area contributed by atoms with E-state index < -0.39 is 0 Å². The van der Waals surface area contributed by atoms with Gasteiger partial charge in [-0.15, -0.1) is 0 Å². The lowest BCUT2D eigenvalue weighted by Gasteiger charge is -2.15. The summed E-state index contributed by atoms with van der Waals surface area (Å²) in [5, 5.41) is 7.67. The van der Waals surface area contributed by atoms with Crippen LogP contribution in [0.5, 0.6) is 0 Å². The van der Waals surface area contributed by atoms with Crippen LogP contribution in [0, 0.1) is 0 Å². The van der Waals surface area contributed by atoms with Crippen LogP contribution in [0.25, 0.3) is 0 Å². The number of nitrogens with zero attached hydrogens (tertiary/aromatic N) is 2. The van der Waals surface area contributed by atoms with Crippen molar-refractivity contribution in [2.24, 2.45) is 7.05 Å². The Morgan fingerprint density at radius 3 is 2.93 bits per heavy atom. The van der Waals surface area contributed by atoms with Crippen LogP contribution in [0.15, 0.2) is 12.3 Å². The second-order valence-corrected chi connectivity index (χ2v) is 4.30. The number of hydrogen-bond donors (Lipinski definition) is 1. The van der Waals surface area contributed by atoms with E-state index in [1.807, 2.05) is 29.7 Å². The largest absolute Gasteiger partial charge is 0.308 e. The van der Waals surface area contributed by atoms with E-state index >= 15 is 0 Å². The zero-order valence-electron chi connectivity index (χ0n) is 9.16. The van der Waals surface area contributed by atoms with E-state index in [0.717, 1.165) is 6.54 Å². The van der Waals surface area contributed by atoms with Crippen molar-refractivity contribution < 1.29 is 0 Å². The maximum Gasteiger partial charge on any atom is 0.0518 e. The van der Waals surface area contributed by atoms with Crippen molar-refractivity contribution >= 4 is 11.8 Å². The van der Waals surface area contributed by atoms with Gasteiger partial charge in [0.25, 0.3) is 0 Å². The summed E-state index contributed by atoms with van der Waals surface area (Å²) in [6.07, 6.45) is 5.17. The molecule has 1 unspecified atom stereocenters. The molecular formula is C10H19N3S. The average Bonchev–Trinajstić information content (AvgIpc) is 2.59. The van der Waals surface area contributed by atoms with E-state index in [0.29, 0.717) is 6.04 Å². The lowest BCUT2D eigenvalue weighted by Crippen LogP contribution is -2.30. The summed E-state index contributed by atoms with van der Waals surface area (Å²) in [7, 11) is 1.98. The highest BCUT2D eigenvalue weighted by atomic mass is 32.2. The van der Waals surface area contributed by atoms with Crippen molar-refractivity contribution in [3.8, 4) is 0 Å². The molecule has 0 fully saturated rings. The number of thioether (sulfide) groups is 1. The zero-order chi connectivity index (χ0) is 10.4.